The maximum atomic E-state index is 12.4. The number of nitrogens with one attached hydrogen (secondary N) is 3. The van der Waals surface area contributed by atoms with Crippen molar-refractivity contribution in [2.24, 2.45) is 5.73 Å². The number of benzene rings is 1. The summed E-state index contributed by atoms with van der Waals surface area (Å²) in [7, 11) is 0. The van der Waals surface area contributed by atoms with E-state index in [1.165, 1.54) is 6.08 Å². The van der Waals surface area contributed by atoms with E-state index in [1.807, 2.05) is 6.92 Å². The minimum absolute atomic E-state index is 0.0370. The molecule has 4 atom stereocenters. The van der Waals surface area contributed by atoms with E-state index < -0.39 is 54.5 Å². The Kier molecular flexibility index (Phi) is 7.50. The molecule has 0 aliphatic heterocycles. The highest BCUT2D eigenvalue weighted by molar-refractivity contribution is 5.98. The molecule has 1 aromatic rings. The molecule has 0 aromatic heterocycles. The Morgan fingerprint density at radius 3 is 2.37 bits per heavy atom. The molecule has 0 fully saturated rings. The lowest BCUT2D eigenvalue weighted by Gasteiger charge is -2.31. The average molecular weight is 420 g/mol. The number of amides is 4. The van der Waals surface area contributed by atoms with Crippen molar-refractivity contribution in [1.29, 1.82) is 0 Å². The monoisotopic (exact) mass is 420 g/mol. The Morgan fingerprint density at radius 2 is 1.80 bits per heavy atom. The maximum Gasteiger partial charge on any atom is 0.319 e. The number of hydrogen-bond donors (Lipinski definition) is 7. The van der Waals surface area contributed by atoms with Crippen LogP contribution in [0.15, 0.2) is 35.9 Å². The molecule has 0 radical (unpaired) electrons. The highest BCUT2D eigenvalue weighted by atomic mass is 16.4. The summed E-state index contributed by atoms with van der Waals surface area (Å²) in [6.45, 7) is 1.89. The second kappa shape index (κ2) is 9.85. The van der Waals surface area contributed by atoms with Crippen LogP contribution < -0.4 is 21.7 Å². The number of aliphatic hydroxyl groups is 2. The fourth-order valence-electron chi connectivity index (χ4n) is 2.87. The zero-order valence-electron chi connectivity index (χ0n) is 16.2. The third-order valence-electron chi connectivity index (χ3n) is 4.50. The van der Waals surface area contributed by atoms with Gasteiger partial charge >= 0.3 is 12.0 Å². The first-order valence-corrected chi connectivity index (χ1v) is 9.09. The highest BCUT2D eigenvalue weighted by Crippen LogP contribution is 2.20. The van der Waals surface area contributed by atoms with Crippen molar-refractivity contribution in [3.8, 4) is 0 Å². The molecule has 0 bridgehead atoms. The number of aryl methyl sites for hydroxylation is 1. The van der Waals surface area contributed by atoms with E-state index in [2.05, 4.69) is 16.0 Å². The van der Waals surface area contributed by atoms with Crippen molar-refractivity contribution in [2.45, 2.75) is 44.1 Å². The van der Waals surface area contributed by atoms with Crippen molar-refractivity contribution in [1.82, 2.24) is 10.6 Å². The number of carbonyl (C=O) groups is 4. The maximum absolute atomic E-state index is 12.4. The number of aliphatic carboxylic acids is 1. The number of hydrogen-bond acceptors (Lipinski definition) is 6. The van der Waals surface area contributed by atoms with Gasteiger partial charge in [0.05, 0.1) is 18.6 Å². The van der Waals surface area contributed by atoms with Crippen molar-refractivity contribution in [3.63, 3.8) is 0 Å². The van der Waals surface area contributed by atoms with E-state index in [-0.39, 0.29) is 12.0 Å². The first kappa shape index (κ1) is 22.8. The summed E-state index contributed by atoms with van der Waals surface area (Å²) >= 11 is 0. The van der Waals surface area contributed by atoms with Crippen LogP contribution in [0.4, 0.5) is 10.5 Å². The molecule has 1 aliphatic rings. The van der Waals surface area contributed by atoms with Gasteiger partial charge in [0.2, 0.25) is 11.8 Å². The van der Waals surface area contributed by atoms with Gasteiger partial charge in [-0.1, -0.05) is 23.8 Å². The van der Waals surface area contributed by atoms with Crippen LogP contribution in [0.3, 0.4) is 0 Å². The molecule has 1 aliphatic carbocycles. The number of aliphatic hydroxyl groups excluding tert-OH is 2. The summed E-state index contributed by atoms with van der Waals surface area (Å²) in [5.74, 6) is -3.20. The average Bonchev–Trinajstić information content (AvgIpc) is 2.66. The van der Waals surface area contributed by atoms with Crippen molar-refractivity contribution in [2.75, 3.05) is 5.32 Å². The van der Waals surface area contributed by atoms with Gasteiger partial charge in [-0.05, 0) is 19.1 Å². The Balaban J connectivity index is 2.09. The zero-order valence-corrected chi connectivity index (χ0v) is 16.2. The van der Waals surface area contributed by atoms with E-state index in [1.54, 1.807) is 24.3 Å². The number of anilines is 1. The SMILES string of the molecule is Cc1ccc(NC(=O)NC2C=C(C(=O)NC(CC(=O)O)C(N)=O)CC(O)C2O)cc1. The van der Waals surface area contributed by atoms with Gasteiger partial charge in [-0.15, -0.1) is 0 Å². The zero-order chi connectivity index (χ0) is 22.4. The van der Waals surface area contributed by atoms with Crippen LogP contribution in [0.5, 0.6) is 0 Å². The van der Waals surface area contributed by atoms with Crippen molar-refractivity contribution >= 4 is 29.5 Å². The van der Waals surface area contributed by atoms with Gasteiger partial charge in [-0.3, -0.25) is 14.4 Å². The van der Waals surface area contributed by atoms with Crippen LogP contribution in [0.25, 0.3) is 0 Å². The summed E-state index contributed by atoms with van der Waals surface area (Å²) in [4.78, 5) is 46.8. The van der Waals surface area contributed by atoms with Crippen LogP contribution in [0.1, 0.15) is 18.4 Å². The molecule has 0 heterocycles. The molecule has 0 spiro atoms. The van der Waals surface area contributed by atoms with Crippen LogP contribution in [-0.2, 0) is 14.4 Å². The molecule has 8 N–H and O–H groups in total. The van der Waals surface area contributed by atoms with E-state index >= 15 is 0 Å². The molecule has 30 heavy (non-hydrogen) atoms. The summed E-state index contributed by atoms with van der Waals surface area (Å²) < 4.78 is 0. The molecular weight excluding hydrogens is 396 g/mol. The molecule has 11 nitrogen and oxygen atoms in total. The van der Waals surface area contributed by atoms with Crippen LogP contribution in [-0.4, -0.2) is 63.4 Å². The largest absolute Gasteiger partial charge is 0.481 e. The second-order valence-electron chi connectivity index (χ2n) is 6.97. The lowest BCUT2D eigenvalue weighted by atomic mass is 9.90. The summed E-state index contributed by atoms with van der Waals surface area (Å²) in [6.07, 6.45) is -2.48. The topological polar surface area (TPSA) is 191 Å². The van der Waals surface area contributed by atoms with Crippen molar-refractivity contribution in [3.05, 3.63) is 41.5 Å². The lowest BCUT2D eigenvalue weighted by molar-refractivity contribution is -0.140. The summed E-state index contributed by atoms with van der Waals surface area (Å²) in [6, 6.07) is 3.73. The normalized spacial score (nSPS) is 21.7. The third-order valence-corrected chi connectivity index (χ3v) is 4.50. The highest BCUT2D eigenvalue weighted by Gasteiger charge is 2.34. The third kappa shape index (κ3) is 6.29. The fourth-order valence-corrected chi connectivity index (χ4v) is 2.87. The summed E-state index contributed by atoms with van der Waals surface area (Å²) in [5, 5.41) is 36.2. The van der Waals surface area contributed by atoms with Gasteiger partial charge in [-0.2, -0.15) is 0 Å². The predicted molar refractivity (Wildman–Crippen MR) is 105 cm³/mol. The lowest BCUT2D eigenvalue weighted by Crippen LogP contribution is -2.53. The van der Waals surface area contributed by atoms with Crippen LogP contribution >= 0.6 is 0 Å². The number of urea groups is 1. The van der Waals surface area contributed by atoms with E-state index in [0.717, 1.165) is 5.56 Å². The minimum atomic E-state index is -1.45. The Labute approximate surface area is 171 Å². The van der Waals surface area contributed by atoms with Crippen molar-refractivity contribution < 1.29 is 34.5 Å². The van der Waals surface area contributed by atoms with E-state index in [0.29, 0.717) is 5.69 Å². The standard InChI is InChI=1S/C19H24N4O7/c1-9-2-4-11(5-3-9)21-19(30)23-12-6-10(7-14(24)16(12)27)18(29)22-13(17(20)28)8-15(25)26/h2-6,12-14,16,24,27H,7-8H2,1H3,(H2,20,28)(H,22,29)(H,25,26)(H2,21,23,30). The van der Waals surface area contributed by atoms with Crippen LogP contribution in [0.2, 0.25) is 0 Å². The fraction of sp³-hybridized carbons (Fsp3) is 0.368. The van der Waals surface area contributed by atoms with Gasteiger partial charge in [0, 0.05) is 17.7 Å². The number of rotatable bonds is 7. The molecule has 0 saturated carbocycles. The molecule has 0 saturated heterocycles. The van der Waals surface area contributed by atoms with E-state index in [9.17, 15) is 29.4 Å². The smallest absolute Gasteiger partial charge is 0.319 e. The molecule has 4 unspecified atom stereocenters. The molecule has 2 rings (SSSR count). The van der Waals surface area contributed by atoms with Gasteiger partial charge < -0.3 is 37.0 Å². The Morgan fingerprint density at radius 1 is 1.17 bits per heavy atom. The molecular formula is C19H24N4O7. The number of primary amides is 1. The summed E-state index contributed by atoms with van der Waals surface area (Å²) in [5.41, 5.74) is 6.57. The van der Waals surface area contributed by atoms with Gasteiger partial charge in [0.25, 0.3) is 0 Å². The minimum Gasteiger partial charge on any atom is -0.481 e. The van der Waals surface area contributed by atoms with Gasteiger partial charge in [-0.25, -0.2) is 4.79 Å². The molecule has 11 heteroatoms. The van der Waals surface area contributed by atoms with Crippen LogP contribution in [0, 0.1) is 6.92 Å². The first-order chi connectivity index (χ1) is 14.1. The van der Waals surface area contributed by atoms with Gasteiger partial charge in [0.15, 0.2) is 0 Å². The Hall–Kier alpha value is -3.44. The molecule has 1 aromatic carbocycles. The second-order valence-corrected chi connectivity index (χ2v) is 6.97. The number of carbonyl (C=O) groups excluding carboxylic acids is 3. The first-order valence-electron chi connectivity index (χ1n) is 9.09. The number of carboxylic acids is 1. The molecule has 4 amide bonds. The number of nitrogens with two attached hydrogens (primary N) is 1. The Bertz CT molecular complexity index is 853. The predicted octanol–water partition coefficient (Wildman–Crippen LogP) is -1.02. The number of carboxylic acid groups (broad SMARTS) is 1. The quantitative estimate of drug-likeness (QED) is 0.293. The van der Waals surface area contributed by atoms with Gasteiger partial charge in [0.1, 0.15) is 12.1 Å². The molecule has 162 valence electrons. The van der Waals surface area contributed by atoms with E-state index in [4.69, 9.17) is 10.8 Å².